The lowest BCUT2D eigenvalue weighted by Gasteiger charge is -2.17. The zero-order valence-electron chi connectivity index (χ0n) is 16.7. The molecule has 2 aromatic rings. The fourth-order valence-corrected chi connectivity index (χ4v) is 3.32. The SMILES string of the molecule is COC(=O)c1ccc(C(=O)OC)c(NC(=O)[C@H]2CC(=O)N(Cc3ccccc3)C2)c1. The summed E-state index contributed by atoms with van der Waals surface area (Å²) in [6.45, 7) is 0.693. The Labute approximate surface area is 173 Å². The Balaban J connectivity index is 1.75. The Morgan fingerprint density at radius 1 is 1.03 bits per heavy atom. The van der Waals surface area contributed by atoms with Gasteiger partial charge in [0.15, 0.2) is 0 Å². The van der Waals surface area contributed by atoms with E-state index in [-0.39, 0.29) is 35.7 Å². The van der Waals surface area contributed by atoms with E-state index in [0.29, 0.717) is 6.54 Å². The first-order valence-corrected chi connectivity index (χ1v) is 9.36. The van der Waals surface area contributed by atoms with Gasteiger partial charge in [-0.15, -0.1) is 0 Å². The molecule has 1 saturated heterocycles. The van der Waals surface area contributed by atoms with Crippen LogP contribution in [0.3, 0.4) is 0 Å². The van der Waals surface area contributed by atoms with Gasteiger partial charge in [-0.2, -0.15) is 0 Å². The van der Waals surface area contributed by atoms with Crippen molar-refractivity contribution in [3.63, 3.8) is 0 Å². The standard InChI is InChI=1S/C22H22N2O6/c1-29-21(27)15-8-9-17(22(28)30-2)18(10-15)23-20(26)16-11-19(25)24(13-16)12-14-6-4-3-5-7-14/h3-10,16H,11-13H2,1-2H3,(H,23,26)/t16-/m0/s1. The molecule has 8 nitrogen and oxygen atoms in total. The second-order valence-corrected chi connectivity index (χ2v) is 6.89. The zero-order chi connectivity index (χ0) is 21.7. The van der Waals surface area contributed by atoms with Crippen LogP contribution in [0.5, 0.6) is 0 Å². The molecule has 1 N–H and O–H groups in total. The highest BCUT2D eigenvalue weighted by molar-refractivity contribution is 6.05. The van der Waals surface area contributed by atoms with Crippen molar-refractivity contribution < 1.29 is 28.7 Å². The molecule has 1 atom stereocenters. The summed E-state index contributed by atoms with van der Waals surface area (Å²) in [5.74, 6) is -2.36. The zero-order valence-corrected chi connectivity index (χ0v) is 16.7. The van der Waals surface area contributed by atoms with Crippen LogP contribution in [0, 0.1) is 5.92 Å². The van der Waals surface area contributed by atoms with Crippen LogP contribution < -0.4 is 5.32 Å². The molecule has 0 saturated carbocycles. The van der Waals surface area contributed by atoms with Gasteiger partial charge in [0.25, 0.3) is 0 Å². The van der Waals surface area contributed by atoms with Crippen molar-refractivity contribution in [3.8, 4) is 0 Å². The van der Waals surface area contributed by atoms with Crippen LogP contribution in [0.15, 0.2) is 48.5 Å². The number of nitrogens with one attached hydrogen (secondary N) is 1. The lowest BCUT2D eigenvalue weighted by Crippen LogP contribution is -2.28. The predicted octanol–water partition coefficient (Wildman–Crippen LogP) is 2.25. The number of nitrogens with zero attached hydrogens (tertiary/aromatic N) is 1. The second kappa shape index (κ2) is 9.21. The minimum Gasteiger partial charge on any atom is -0.465 e. The normalized spacial score (nSPS) is 15.6. The quantitative estimate of drug-likeness (QED) is 0.733. The third-order valence-electron chi connectivity index (χ3n) is 4.91. The molecular formula is C22H22N2O6. The number of anilines is 1. The van der Waals surface area contributed by atoms with Gasteiger partial charge in [0.2, 0.25) is 11.8 Å². The van der Waals surface area contributed by atoms with Crippen molar-refractivity contribution in [1.82, 2.24) is 4.90 Å². The molecule has 2 aromatic carbocycles. The van der Waals surface area contributed by atoms with E-state index in [4.69, 9.17) is 4.74 Å². The van der Waals surface area contributed by atoms with Crippen molar-refractivity contribution in [1.29, 1.82) is 0 Å². The molecular weight excluding hydrogens is 388 g/mol. The Bertz CT molecular complexity index is 973. The van der Waals surface area contributed by atoms with E-state index in [2.05, 4.69) is 10.1 Å². The third kappa shape index (κ3) is 4.65. The molecule has 1 aliphatic heterocycles. The third-order valence-corrected chi connectivity index (χ3v) is 4.91. The molecule has 1 heterocycles. The van der Waals surface area contributed by atoms with Gasteiger partial charge in [-0.1, -0.05) is 30.3 Å². The van der Waals surface area contributed by atoms with Gasteiger partial charge in [0.05, 0.1) is 37.0 Å². The lowest BCUT2D eigenvalue weighted by molar-refractivity contribution is -0.128. The van der Waals surface area contributed by atoms with Crippen molar-refractivity contribution in [2.24, 2.45) is 5.92 Å². The number of amides is 2. The second-order valence-electron chi connectivity index (χ2n) is 6.89. The first-order valence-electron chi connectivity index (χ1n) is 9.36. The number of carbonyl (C=O) groups is 4. The Morgan fingerprint density at radius 3 is 2.40 bits per heavy atom. The molecule has 0 unspecified atom stereocenters. The van der Waals surface area contributed by atoms with E-state index in [1.165, 1.54) is 32.4 Å². The summed E-state index contributed by atoms with van der Waals surface area (Å²) < 4.78 is 9.43. The number of methoxy groups -OCH3 is 2. The largest absolute Gasteiger partial charge is 0.465 e. The van der Waals surface area contributed by atoms with Crippen molar-refractivity contribution >= 4 is 29.4 Å². The van der Waals surface area contributed by atoms with Crippen LogP contribution in [0.4, 0.5) is 5.69 Å². The Hall–Kier alpha value is -3.68. The summed E-state index contributed by atoms with van der Waals surface area (Å²) in [7, 11) is 2.46. The van der Waals surface area contributed by atoms with Crippen molar-refractivity contribution in [2.45, 2.75) is 13.0 Å². The number of hydrogen-bond donors (Lipinski definition) is 1. The molecule has 1 aliphatic rings. The van der Waals surface area contributed by atoms with E-state index in [1.807, 2.05) is 30.3 Å². The van der Waals surface area contributed by atoms with E-state index in [1.54, 1.807) is 4.90 Å². The molecule has 0 aromatic heterocycles. The lowest BCUT2D eigenvalue weighted by atomic mass is 10.1. The van der Waals surface area contributed by atoms with E-state index >= 15 is 0 Å². The summed E-state index contributed by atoms with van der Waals surface area (Å²) in [4.78, 5) is 50.7. The van der Waals surface area contributed by atoms with Crippen LogP contribution in [-0.4, -0.2) is 49.4 Å². The van der Waals surface area contributed by atoms with Gasteiger partial charge in [-0.3, -0.25) is 9.59 Å². The molecule has 1 fully saturated rings. The summed E-state index contributed by atoms with van der Waals surface area (Å²) in [6, 6.07) is 13.7. The number of hydrogen-bond acceptors (Lipinski definition) is 6. The highest BCUT2D eigenvalue weighted by atomic mass is 16.5. The van der Waals surface area contributed by atoms with Crippen LogP contribution in [0.25, 0.3) is 0 Å². The molecule has 156 valence electrons. The summed E-state index contributed by atoms with van der Waals surface area (Å²) >= 11 is 0. The first-order chi connectivity index (χ1) is 14.4. The van der Waals surface area contributed by atoms with E-state index in [9.17, 15) is 19.2 Å². The average Bonchev–Trinajstić information content (AvgIpc) is 3.13. The smallest absolute Gasteiger partial charge is 0.339 e. The molecule has 3 rings (SSSR count). The highest BCUT2D eigenvalue weighted by Crippen LogP contribution is 2.24. The van der Waals surface area contributed by atoms with E-state index < -0.39 is 23.8 Å². The van der Waals surface area contributed by atoms with Crippen LogP contribution in [0.2, 0.25) is 0 Å². The number of rotatable bonds is 6. The van der Waals surface area contributed by atoms with Crippen LogP contribution in [-0.2, 0) is 25.6 Å². The van der Waals surface area contributed by atoms with Crippen LogP contribution in [0.1, 0.15) is 32.7 Å². The molecule has 8 heteroatoms. The number of esters is 2. The minimum atomic E-state index is -0.657. The maximum Gasteiger partial charge on any atom is 0.339 e. The molecule has 2 amide bonds. The number of ether oxygens (including phenoxy) is 2. The molecule has 0 aliphatic carbocycles. The number of benzene rings is 2. The Kier molecular flexibility index (Phi) is 6.46. The van der Waals surface area contributed by atoms with Crippen molar-refractivity contribution in [2.75, 3.05) is 26.1 Å². The first kappa shape index (κ1) is 21.0. The summed E-state index contributed by atoms with van der Waals surface area (Å²) in [5, 5.41) is 2.67. The number of carbonyl (C=O) groups excluding carboxylic acids is 4. The van der Waals surface area contributed by atoms with Gasteiger partial charge in [0, 0.05) is 19.5 Å². The summed E-state index contributed by atoms with van der Waals surface area (Å²) in [5.41, 5.74) is 1.38. The van der Waals surface area contributed by atoms with Gasteiger partial charge in [-0.05, 0) is 23.8 Å². The van der Waals surface area contributed by atoms with Gasteiger partial charge in [0.1, 0.15) is 0 Å². The summed E-state index contributed by atoms with van der Waals surface area (Å²) in [6.07, 6.45) is 0.0723. The maximum absolute atomic E-state index is 12.8. The number of likely N-dealkylation sites (tertiary alicyclic amines) is 1. The molecule has 0 radical (unpaired) electrons. The topological polar surface area (TPSA) is 102 Å². The van der Waals surface area contributed by atoms with Crippen LogP contribution >= 0.6 is 0 Å². The van der Waals surface area contributed by atoms with Crippen molar-refractivity contribution in [3.05, 3.63) is 65.2 Å². The fraction of sp³-hybridized carbons (Fsp3) is 0.273. The van der Waals surface area contributed by atoms with Gasteiger partial charge in [-0.25, -0.2) is 9.59 Å². The van der Waals surface area contributed by atoms with Gasteiger partial charge >= 0.3 is 11.9 Å². The van der Waals surface area contributed by atoms with E-state index in [0.717, 1.165) is 5.56 Å². The fourth-order valence-electron chi connectivity index (χ4n) is 3.32. The average molecular weight is 410 g/mol. The van der Waals surface area contributed by atoms with Gasteiger partial charge < -0.3 is 19.7 Å². The molecule has 30 heavy (non-hydrogen) atoms. The molecule has 0 spiro atoms. The predicted molar refractivity (Wildman–Crippen MR) is 108 cm³/mol. The molecule has 0 bridgehead atoms. The monoisotopic (exact) mass is 410 g/mol. The maximum atomic E-state index is 12.8. The Morgan fingerprint density at radius 2 is 1.73 bits per heavy atom. The highest BCUT2D eigenvalue weighted by Gasteiger charge is 2.34. The minimum absolute atomic E-state index is 0.0723.